The smallest absolute Gasteiger partial charge is 0.270 e. The summed E-state index contributed by atoms with van der Waals surface area (Å²) >= 11 is 0. The molecule has 1 aromatic carbocycles. The molecule has 1 unspecified atom stereocenters. The molecule has 0 radical (unpaired) electrons. The molecule has 2 aromatic heterocycles. The Morgan fingerprint density at radius 3 is 2.73 bits per heavy atom. The van der Waals surface area contributed by atoms with Gasteiger partial charge in [0.25, 0.3) is 5.69 Å². The molecule has 1 aliphatic rings. The first-order valence-corrected chi connectivity index (χ1v) is 8.77. The van der Waals surface area contributed by atoms with Gasteiger partial charge in [-0.15, -0.1) is 0 Å². The molecule has 0 amide bonds. The number of aromatic nitrogens is 3. The summed E-state index contributed by atoms with van der Waals surface area (Å²) in [5, 5.41) is 16.3. The minimum absolute atomic E-state index is 0.0905. The number of benzene rings is 1. The van der Waals surface area contributed by atoms with Crippen molar-refractivity contribution in [1.29, 1.82) is 0 Å². The van der Waals surface area contributed by atoms with E-state index in [1.807, 2.05) is 23.9 Å². The van der Waals surface area contributed by atoms with Crippen molar-refractivity contribution in [3.05, 3.63) is 57.4 Å². The van der Waals surface area contributed by atoms with E-state index in [-0.39, 0.29) is 16.7 Å². The number of nitro groups is 1. The van der Waals surface area contributed by atoms with Gasteiger partial charge < -0.3 is 4.90 Å². The molecule has 0 aliphatic carbocycles. The van der Waals surface area contributed by atoms with Crippen molar-refractivity contribution in [3.63, 3.8) is 0 Å². The highest BCUT2D eigenvalue weighted by atomic mass is 16.6. The van der Waals surface area contributed by atoms with Crippen LogP contribution in [-0.4, -0.2) is 26.2 Å². The fraction of sp³-hybridized carbons (Fsp3) is 0.368. The zero-order chi connectivity index (χ0) is 18.4. The lowest BCUT2D eigenvalue weighted by atomic mass is 10.0. The molecule has 0 N–H and O–H groups in total. The predicted molar refractivity (Wildman–Crippen MR) is 100 cm³/mol. The summed E-state index contributed by atoms with van der Waals surface area (Å²) in [4.78, 5) is 17.7. The standard InChI is InChI=1S/C19H21N5O2/c1-12-19(13(2)22(3)21-12)17-5-4-10-23(17)18-9-6-14-11-15(24(25)26)7-8-16(14)20-18/h6-9,11,17H,4-5,10H2,1-3H3. The Balaban J connectivity index is 1.74. The van der Waals surface area contributed by atoms with Crippen molar-refractivity contribution < 1.29 is 4.92 Å². The van der Waals surface area contributed by atoms with Crippen molar-refractivity contribution in [3.8, 4) is 0 Å². The van der Waals surface area contributed by atoms with Crippen LogP contribution in [0, 0.1) is 24.0 Å². The van der Waals surface area contributed by atoms with Gasteiger partial charge in [0.1, 0.15) is 5.82 Å². The highest BCUT2D eigenvalue weighted by Crippen LogP contribution is 2.38. The SMILES string of the molecule is Cc1nn(C)c(C)c1C1CCCN1c1ccc2cc([N+](=O)[O-])ccc2n1. The molecule has 1 aliphatic heterocycles. The van der Waals surface area contributed by atoms with Crippen molar-refractivity contribution in [2.45, 2.75) is 32.7 Å². The number of nitro benzene ring substituents is 1. The Morgan fingerprint density at radius 1 is 1.23 bits per heavy atom. The van der Waals surface area contributed by atoms with Crippen LogP contribution < -0.4 is 4.90 Å². The molecule has 4 rings (SSSR count). The lowest BCUT2D eigenvalue weighted by Gasteiger charge is -2.26. The maximum absolute atomic E-state index is 11.0. The fourth-order valence-corrected chi connectivity index (χ4v) is 3.99. The van der Waals surface area contributed by atoms with Gasteiger partial charge in [-0.25, -0.2) is 4.98 Å². The number of pyridine rings is 1. The second-order valence-electron chi connectivity index (χ2n) is 6.86. The van der Waals surface area contributed by atoms with E-state index in [1.54, 1.807) is 12.1 Å². The summed E-state index contributed by atoms with van der Waals surface area (Å²) in [6.07, 6.45) is 2.19. The average molecular weight is 351 g/mol. The first kappa shape index (κ1) is 16.5. The number of nitrogens with zero attached hydrogens (tertiary/aromatic N) is 5. The van der Waals surface area contributed by atoms with Crippen LogP contribution in [0.5, 0.6) is 0 Å². The van der Waals surface area contributed by atoms with E-state index in [0.29, 0.717) is 0 Å². The van der Waals surface area contributed by atoms with Gasteiger partial charge in [0.05, 0.1) is 22.2 Å². The molecular weight excluding hydrogens is 330 g/mol. The molecule has 3 aromatic rings. The monoisotopic (exact) mass is 351 g/mol. The third-order valence-corrected chi connectivity index (χ3v) is 5.31. The van der Waals surface area contributed by atoms with Crippen LogP contribution in [0.2, 0.25) is 0 Å². The second kappa shape index (κ2) is 6.09. The van der Waals surface area contributed by atoms with Crippen LogP contribution >= 0.6 is 0 Å². The molecule has 134 valence electrons. The summed E-state index contributed by atoms with van der Waals surface area (Å²) in [5.74, 6) is 0.913. The molecule has 26 heavy (non-hydrogen) atoms. The van der Waals surface area contributed by atoms with Crippen molar-refractivity contribution in [2.75, 3.05) is 11.4 Å². The molecule has 7 nitrogen and oxygen atoms in total. The van der Waals surface area contributed by atoms with E-state index < -0.39 is 0 Å². The molecule has 3 heterocycles. The van der Waals surface area contributed by atoms with Gasteiger partial charge in [0.2, 0.25) is 0 Å². The fourth-order valence-electron chi connectivity index (χ4n) is 3.99. The molecule has 1 fully saturated rings. The van der Waals surface area contributed by atoms with Crippen molar-refractivity contribution in [2.24, 2.45) is 7.05 Å². The average Bonchev–Trinajstić information content (AvgIpc) is 3.18. The van der Waals surface area contributed by atoms with Gasteiger partial charge >= 0.3 is 0 Å². The number of aryl methyl sites for hydroxylation is 2. The molecule has 1 atom stereocenters. The number of fused-ring (bicyclic) bond motifs is 1. The van der Waals surface area contributed by atoms with Crippen LogP contribution in [0.15, 0.2) is 30.3 Å². The van der Waals surface area contributed by atoms with E-state index in [1.165, 1.54) is 17.3 Å². The molecule has 1 saturated heterocycles. The lowest BCUT2D eigenvalue weighted by Crippen LogP contribution is -2.24. The highest BCUT2D eigenvalue weighted by Gasteiger charge is 2.31. The summed E-state index contributed by atoms with van der Waals surface area (Å²) in [6.45, 7) is 5.12. The summed E-state index contributed by atoms with van der Waals surface area (Å²) < 4.78 is 1.94. The molecule has 0 saturated carbocycles. The van der Waals surface area contributed by atoms with E-state index in [2.05, 4.69) is 23.8 Å². The number of hydrogen-bond donors (Lipinski definition) is 0. The van der Waals surface area contributed by atoms with E-state index in [9.17, 15) is 10.1 Å². The van der Waals surface area contributed by atoms with E-state index in [4.69, 9.17) is 4.98 Å². The van der Waals surface area contributed by atoms with Crippen LogP contribution in [0.1, 0.15) is 35.8 Å². The first-order chi connectivity index (χ1) is 12.5. The lowest BCUT2D eigenvalue weighted by molar-refractivity contribution is -0.384. The minimum atomic E-state index is -0.377. The van der Waals surface area contributed by atoms with Gasteiger partial charge in [0.15, 0.2) is 0 Å². The van der Waals surface area contributed by atoms with Gasteiger partial charge in [0, 0.05) is 42.4 Å². The van der Waals surface area contributed by atoms with Gasteiger partial charge in [-0.3, -0.25) is 14.8 Å². The van der Waals surface area contributed by atoms with Crippen LogP contribution in [0.4, 0.5) is 11.5 Å². The van der Waals surface area contributed by atoms with Crippen LogP contribution in [0.25, 0.3) is 10.9 Å². The zero-order valence-corrected chi connectivity index (χ0v) is 15.1. The van der Waals surface area contributed by atoms with Gasteiger partial charge in [-0.05, 0) is 44.9 Å². The van der Waals surface area contributed by atoms with Crippen molar-refractivity contribution in [1.82, 2.24) is 14.8 Å². The second-order valence-corrected chi connectivity index (χ2v) is 6.86. The Bertz CT molecular complexity index is 1010. The number of rotatable bonds is 3. The maximum Gasteiger partial charge on any atom is 0.270 e. The van der Waals surface area contributed by atoms with E-state index >= 15 is 0 Å². The third-order valence-electron chi connectivity index (χ3n) is 5.31. The van der Waals surface area contributed by atoms with Gasteiger partial charge in [-0.2, -0.15) is 5.10 Å². The minimum Gasteiger partial charge on any atom is -0.349 e. The quantitative estimate of drug-likeness (QED) is 0.529. The van der Waals surface area contributed by atoms with Crippen LogP contribution in [0.3, 0.4) is 0 Å². The first-order valence-electron chi connectivity index (χ1n) is 8.77. The molecule has 0 bridgehead atoms. The van der Waals surface area contributed by atoms with Crippen LogP contribution in [-0.2, 0) is 7.05 Å². The predicted octanol–water partition coefficient (Wildman–Crippen LogP) is 3.83. The number of non-ortho nitro benzene ring substituents is 1. The van der Waals surface area contributed by atoms with Crippen molar-refractivity contribution >= 4 is 22.4 Å². The van der Waals surface area contributed by atoms with E-state index in [0.717, 1.165) is 41.8 Å². The summed E-state index contributed by atoms with van der Waals surface area (Å²) in [5.41, 5.74) is 4.41. The Morgan fingerprint density at radius 2 is 2.04 bits per heavy atom. The maximum atomic E-state index is 11.0. The molecular formula is C19H21N5O2. The Labute approximate surface area is 151 Å². The topological polar surface area (TPSA) is 77.1 Å². The summed E-state index contributed by atoms with van der Waals surface area (Å²) in [7, 11) is 1.98. The number of anilines is 1. The Kier molecular flexibility index (Phi) is 3.86. The normalized spacial score (nSPS) is 17.2. The molecule has 0 spiro atoms. The highest BCUT2D eigenvalue weighted by molar-refractivity contribution is 5.82. The summed E-state index contributed by atoms with van der Waals surface area (Å²) in [6, 6.07) is 8.96. The zero-order valence-electron chi connectivity index (χ0n) is 15.1. The van der Waals surface area contributed by atoms with Gasteiger partial charge in [-0.1, -0.05) is 0 Å². The third kappa shape index (κ3) is 2.60. The Hall–Kier alpha value is -2.96. The molecule has 7 heteroatoms. The number of hydrogen-bond acceptors (Lipinski definition) is 5. The largest absolute Gasteiger partial charge is 0.349 e.